The number of benzene rings is 3. The fourth-order valence-electron chi connectivity index (χ4n) is 4.33. The van der Waals surface area contributed by atoms with Crippen molar-refractivity contribution in [3.8, 4) is 0 Å². The second kappa shape index (κ2) is 10.0. The van der Waals surface area contributed by atoms with E-state index in [1.54, 1.807) is 30.3 Å². The fourth-order valence-corrected chi connectivity index (χ4v) is 4.50. The average molecular weight is 512 g/mol. The first-order valence-corrected chi connectivity index (χ1v) is 12.2. The van der Waals surface area contributed by atoms with Gasteiger partial charge < -0.3 is 20.4 Å². The van der Waals surface area contributed by atoms with Crippen molar-refractivity contribution >= 4 is 62.7 Å². The van der Waals surface area contributed by atoms with Crippen LogP contribution in [-0.2, 0) is 9.59 Å². The SMILES string of the molecule is CN(C)CC(=O)N(C)c1ccc(N/C(=C2\C(=O)Nc3cc(Cl)ccc32)c2ccc3cccnc3c2)cc1. The number of likely N-dealkylation sites (N-methyl/N-ethyl adjacent to an activating group) is 2. The van der Waals surface area contributed by atoms with E-state index in [-0.39, 0.29) is 11.8 Å². The van der Waals surface area contributed by atoms with Crippen molar-refractivity contribution in [3.63, 3.8) is 0 Å². The van der Waals surface area contributed by atoms with Gasteiger partial charge >= 0.3 is 0 Å². The zero-order chi connectivity index (χ0) is 26.1. The predicted molar refractivity (Wildman–Crippen MR) is 151 cm³/mol. The zero-order valence-corrected chi connectivity index (χ0v) is 21.5. The van der Waals surface area contributed by atoms with Crippen molar-refractivity contribution in [1.82, 2.24) is 9.88 Å². The summed E-state index contributed by atoms with van der Waals surface area (Å²) in [5.41, 5.74) is 5.80. The molecule has 7 nitrogen and oxygen atoms in total. The van der Waals surface area contributed by atoms with Crippen molar-refractivity contribution in [2.75, 3.05) is 43.2 Å². The first kappa shape index (κ1) is 24.5. The largest absolute Gasteiger partial charge is 0.354 e. The van der Waals surface area contributed by atoms with Crippen LogP contribution in [-0.4, -0.2) is 49.4 Å². The molecule has 3 aromatic carbocycles. The number of nitrogens with zero attached hydrogens (tertiary/aromatic N) is 3. The number of amides is 2. The van der Waals surface area contributed by atoms with Gasteiger partial charge in [0.05, 0.1) is 29.0 Å². The molecular formula is C29H26ClN5O2. The highest BCUT2D eigenvalue weighted by atomic mass is 35.5. The second-order valence-corrected chi connectivity index (χ2v) is 9.60. The summed E-state index contributed by atoms with van der Waals surface area (Å²) in [6.45, 7) is 0.321. The number of hydrogen-bond acceptors (Lipinski definition) is 5. The minimum Gasteiger partial charge on any atom is -0.354 e. The number of rotatable bonds is 6. The van der Waals surface area contributed by atoms with Gasteiger partial charge in [-0.15, -0.1) is 0 Å². The number of fused-ring (bicyclic) bond motifs is 2. The molecule has 2 heterocycles. The Morgan fingerprint density at radius 1 is 1.00 bits per heavy atom. The molecule has 2 N–H and O–H groups in total. The highest BCUT2D eigenvalue weighted by molar-refractivity contribution is 6.38. The van der Waals surface area contributed by atoms with Crippen molar-refractivity contribution < 1.29 is 9.59 Å². The molecule has 0 saturated heterocycles. The Labute approximate surface area is 220 Å². The van der Waals surface area contributed by atoms with Gasteiger partial charge in [-0.2, -0.15) is 0 Å². The highest BCUT2D eigenvalue weighted by Crippen LogP contribution is 2.39. The van der Waals surface area contributed by atoms with Gasteiger partial charge in [-0.1, -0.05) is 35.9 Å². The Kier molecular flexibility index (Phi) is 6.65. The summed E-state index contributed by atoms with van der Waals surface area (Å²) in [4.78, 5) is 33.6. The van der Waals surface area contributed by atoms with E-state index in [2.05, 4.69) is 15.6 Å². The predicted octanol–water partition coefficient (Wildman–Crippen LogP) is 5.35. The van der Waals surface area contributed by atoms with Crippen molar-refractivity contribution in [1.29, 1.82) is 0 Å². The van der Waals surface area contributed by atoms with Gasteiger partial charge in [-0.05, 0) is 62.6 Å². The molecule has 2 amide bonds. The van der Waals surface area contributed by atoms with E-state index in [1.165, 1.54) is 0 Å². The monoisotopic (exact) mass is 511 g/mol. The lowest BCUT2D eigenvalue weighted by atomic mass is 9.99. The van der Waals surface area contributed by atoms with Gasteiger partial charge in [0, 0.05) is 46.2 Å². The molecule has 5 rings (SSSR count). The standard InChI is InChI=1S/C29H26ClN5O2/c1-34(2)17-26(36)35(3)22-11-9-21(10-12-22)32-28(19-7-6-18-5-4-14-31-24(18)15-19)27-23-13-8-20(30)16-25(23)33-29(27)37/h4-16,32H,17H2,1-3H3,(H,33,37)/b28-27-. The van der Waals surface area contributed by atoms with Crippen LogP contribution in [0, 0.1) is 0 Å². The van der Waals surface area contributed by atoms with Crippen molar-refractivity contribution in [2.24, 2.45) is 0 Å². The van der Waals surface area contributed by atoms with Gasteiger partial charge in [0.2, 0.25) is 5.91 Å². The van der Waals surface area contributed by atoms with Crippen LogP contribution < -0.4 is 15.5 Å². The van der Waals surface area contributed by atoms with Crippen LogP contribution in [0.4, 0.5) is 17.1 Å². The molecule has 0 fully saturated rings. The fraction of sp³-hybridized carbons (Fsp3) is 0.138. The molecule has 0 bridgehead atoms. The Bertz CT molecular complexity index is 1550. The van der Waals surface area contributed by atoms with E-state index in [0.29, 0.717) is 28.5 Å². The molecule has 0 atom stereocenters. The van der Waals surface area contributed by atoms with E-state index in [0.717, 1.165) is 33.4 Å². The topological polar surface area (TPSA) is 77.6 Å². The number of carbonyl (C=O) groups is 2. The molecule has 0 unspecified atom stereocenters. The lowest BCUT2D eigenvalue weighted by Gasteiger charge is -2.20. The highest BCUT2D eigenvalue weighted by Gasteiger charge is 2.29. The van der Waals surface area contributed by atoms with Crippen LogP contribution in [0.25, 0.3) is 22.2 Å². The second-order valence-electron chi connectivity index (χ2n) is 9.17. The van der Waals surface area contributed by atoms with E-state index in [4.69, 9.17) is 11.6 Å². The minimum absolute atomic E-state index is 0.00456. The summed E-state index contributed by atoms with van der Waals surface area (Å²) in [7, 11) is 5.48. The summed E-state index contributed by atoms with van der Waals surface area (Å²) >= 11 is 6.18. The molecular weight excluding hydrogens is 486 g/mol. The summed E-state index contributed by atoms with van der Waals surface area (Å²) in [6, 6.07) is 22.7. The van der Waals surface area contributed by atoms with Gasteiger partial charge in [0.15, 0.2) is 0 Å². The molecule has 0 radical (unpaired) electrons. The summed E-state index contributed by atoms with van der Waals surface area (Å²) in [5.74, 6) is -0.221. The number of hydrogen-bond donors (Lipinski definition) is 2. The molecule has 37 heavy (non-hydrogen) atoms. The summed E-state index contributed by atoms with van der Waals surface area (Å²) in [6.07, 6.45) is 1.75. The molecule has 1 aliphatic heterocycles. The maximum atomic E-state index is 13.2. The normalized spacial score (nSPS) is 13.9. The number of halogens is 1. The lowest BCUT2D eigenvalue weighted by Crippen LogP contribution is -2.34. The number of anilines is 3. The number of nitrogens with one attached hydrogen (secondary N) is 2. The zero-order valence-electron chi connectivity index (χ0n) is 20.7. The van der Waals surface area contributed by atoms with Crippen molar-refractivity contribution in [2.45, 2.75) is 0 Å². The molecule has 186 valence electrons. The molecule has 1 aliphatic rings. The molecule has 4 aromatic rings. The van der Waals surface area contributed by atoms with Gasteiger partial charge in [-0.3, -0.25) is 14.6 Å². The third-order valence-electron chi connectivity index (χ3n) is 6.22. The molecule has 8 heteroatoms. The maximum Gasteiger partial charge on any atom is 0.258 e. The number of pyridine rings is 1. The lowest BCUT2D eigenvalue weighted by molar-refractivity contribution is -0.119. The quantitative estimate of drug-likeness (QED) is 0.341. The minimum atomic E-state index is -0.216. The first-order chi connectivity index (χ1) is 17.8. The van der Waals surface area contributed by atoms with Crippen LogP contribution >= 0.6 is 11.6 Å². The van der Waals surface area contributed by atoms with Gasteiger partial charge in [0.1, 0.15) is 0 Å². The molecule has 0 spiro atoms. The van der Waals surface area contributed by atoms with Gasteiger partial charge in [-0.25, -0.2) is 0 Å². The Balaban J connectivity index is 1.56. The molecule has 0 aliphatic carbocycles. The Morgan fingerprint density at radius 2 is 1.78 bits per heavy atom. The van der Waals surface area contributed by atoms with E-state index in [9.17, 15) is 9.59 Å². The van der Waals surface area contributed by atoms with Crippen LogP contribution in [0.15, 0.2) is 79.0 Å². The molecule has 0 saturated carbocycles. The smallest absolute Gasteiger partial charge is 0.258 e. The Hall–Kier alpha value is -4.20. The van der Waals surface area contributed by atoms with Crippen LogP contribution in [0.5, 0.6) is 0 Å². The van der Waals surface area contributed by atoms with Crippen LogP contribution in [0.1, 0.15) is 11.1 Å². The summed E-state index contributed by atoms with van der Waals surface area (Å²) < 4.78 is 0. The molecule has 1 aromatic heterocycles. The average Bonchev–Trinajstić information content (AvgIpc) is 3.21. The van der Waals surface area contributed by atoms with E-state index >= 15 is 0 Å². The summed E-state index contributed by atoms with van der Waals surface area (Å²) in [5, 5.41) is 7.95. The van der Waals surface area contributed by atoms with E-state index in [1.807, 2.05) is 79.7 Å². The van der Waals surface area contributed by atoms with E-state index < -0.39 is 0 Å². The van der Waals surface area contributed by atoms with Crippen molar-refractivity contribution in [3.05, 3.63) is 95.1 Å². The number of aromatic nitrogens is 1. The third kappa shape index (κ3) is 5.05. The maximum absolute atomic E-state index is 13.2. The van der Waals surface area contributed by atoms with Crippen LogP contribution in [0.3, 0.4) is 0 Å². The third-order valence-corrected chi connectivity index (χ3v) is 6.46. The Morgan fingerprint density at radius 3 is 2.54 bits per heavy atom. The van der Waals surface area contributed by atoms with Gasteiger partial charge in [0.25, 0.3) is 5.91 Å². The first-order valence-electron chi connectivity index (χ1n) is 11.8. The van der Waals surface area contributed by atoms with Crippen LogP contribution in [0.2, 0.25) is 5.02 Å². The number of carbonyl (C=O) groups excluding carboxylic acids is 2.